The zero-order valence-corrected chi connectivity index (χ0v) is 11.6. The Balaban J connectivity index is 2.37. The van der Waals surface area contributed by atoms with Crippen LogP contribution >= 0.6 is 0 Å². The predicted octanol–water partition coefficient (Wildman–Crippen LogP) is 3.65. The second kappa shape index (κ2) is 6.65. The van der Waals surface area contributed by atoms with Gasteiger partial charge in [-0.1, -0.05) is 12.5 Å². The summed E-state index contributed by atoms with van der Waals surface area (Å²) in [5.74, 6) is 0.164. The Hall–Kier alpha value is -1.21. The van der Waals surface area contributed by atoms with Crippen molar-refractivity contribution < 1.29 is 8.60 Å². The first kappa shape index (κ1) is 14.8. The quantitative estimate of drug-likeness (QED) is 0.738. The van der Waals surface area contributed by atoms with Crippen LogP contribution in [0.4, 0.5) is 4.39 Å². The highest BCUT2D eigenvalue weighted by Crippen LogP contribution is 2.22. The lowest BCUT2D eigenvalue weighted by atomic mass is 9.89. The maximum atomic E-state index is 12.9. The molecule has 1 rings (SSSR count). The van der Waals surface area contributed by atoms with Crippen LogP contribution in [-0.2, 0) is 10.8 Å². The minimum Gasteiger partial charge on any atom is -0.254 e. The van der Waals surface area contributed by atoms with Gasteiger partial charge < -0.3 is 0 Å². The van der Waals surface area contributed by atoms with Gasteiger partial charge in [-0.3, -0.25) is 4.21 Å². The van der Waals surface area contributed by atoms with Crippen LogP contribution in [0.5, 0.6) is 0 Å². The molecule has 4 heteroatoms. The molecule has 0 fully saturated rings. The molecule has 0 radical (unpaired) electrons. The van der Waals surface area contributed by atoms with E-state index in [1.54, 1.807) is 12.1 Å². The van der Waals surface area contributed by atoms with Gasteiger partial charge in [0.1, 0.15) is 5.82 Å². The van der Waals surface area contributed by atoms with Gasteiger partial charge in [0.25, 0.3) is 0 Å². The molecule has 0 saturated carbocycles. The Labute approximate surface area is 110 Å². The molecule has 1 atom stereocenters. The van der Waals surface area contributed by atoms with Crippen LogP contribution in [0.2, 0.25) is 0 Å². The molecule has 2 nitrogen and oxygen atoms in total. The van der Waals surface area contributed by atoms with Gasteiger partial charge in [-0.05, 0) is 44.9 Å². The van der Waals surface area contributed by atoms with E-state index in [2.05, 4.69) is 6.07 Å². The average Bonchev–Trinajstić information content (AvgIpc) is 2.34. The van der Waals surface area contributed by atoms with Crippen molar-refractivity contribution in [2.75, 3.05) is 5.75 Å². The molecule has 98 valence electrons. The van der Waals surface area contributed by atoms with Crippen LogP contribution in [0.1, 0.15) is 33.1 Å². The third-order valence-electron chi connectivity index (χ3n) is 2.74. The molecule has 1 aromatic rings. The standard InChI is InChI=1S/C14H18FNOS/c1-14(2,11-16)8-3-4-9-18(17)13-7-5-6-12(15)10-13/h5-7,10H,3-4,8-9H2,1-2H3. The van der Waals surface area contributed by atoms with Crippen molar-refractivity contribution in [3.8, 4) is 6.07 Å². The van der Waals surface area contributed by atoms with Gasteiger partial charge in [0.05, 0.1) is 22.3 Å². The van der Waals surface area contributed by atoms with Gasteiger partial charge in [0.2, 0.25) is 0 Å². The van der Waals surface area contributed by atoms with Crippen LogP contribution in [0.3, 0.4) is 0 Å². The number of benzene rings is 1. The summed E-state index contributed by atoms with van der Waals surface area (Å²) in [7, 11) is -1.15. The smallest absolute Gasteiger partial charge is 0.124 e. The molecule has 0 aliphatic heterocycles. The highest BCUT2D eigenvalue weighted by atomic mass is 32.2. The second-order valence-electron chi connectivity index (χ2n) is 4.96. The largest absolute Gasteiger partial charge is 0.254 e. The van der Waals surface area contributed by atoms with Crippen LogP contribution in [0.15, 0.2) is 29.2 Å². The Kier molecular flexibility index (Phi) is 5.49. The number of hydrogen-bond donors (Lipinski definition) is 0. The Morgan fingerprint density at radius 1 is 1.39 bits per heavy atom. The van der Waals surface area contributed by atoms with Gasteiger partial charge in [0, 0.05) is 10.6 Å². The van der Waals surface area contributed by atoms with E-state index in [0.717, 1.165) is 19.3 Å². The van der Waals surface area contributed by atoms with E-state index in [1.165, 1.54) is 12.1 Å². The lowest BCUT2D eigenvalue weighted by Crippen LogP contribution is -2.08. The summed E-state index contributed by atoms with van der Waals surface area (Å²) < 4.78 is 24.8. The fraction of sp³-hybridized carbons (Fsp3) is 0.500. The van der Waals surface area contributed by atoms with Crippen molar-refractivity contribution in [1.82, 2.24) is 0 Å². The van der Waals surface area contributed by atoms with Crippen molar-refractivity contribution in [2.24, 2.45) is 5.41 Å². The number of rotatable bonds is 6. The molecule has 18 heavy (non-hydrogen) atoms. The van der Waals surface area contributed by atoms with Crippen molar-refractivity contribution in [3.63, 3.8) is 0 Å². The maximum Gasteiger partial charge on any atom is 0.124 e. The summed E-state index contributed by atoms with van der Waals surface area (Å²) >= 11 is 0. The molecular formula is C14H18FNOS. The topological polar surface area (TPSA) is 40.9 Å². The summed E-state index contributed by atoms with van der Waals surface area (Å²) in [6, 6.07) is 8.15. The molecule has 0 heterocycles. The normalized spacial score (nSPS) is 13.0. The maximum absolute atomic E-state index is 12.9. The van der Waals surface area contributed by atoms with E-state index in [-0.39, 0.29) is 11.2 Å². The van der Waals surface area contributed by atoms with Gasteiger partial charge in [-0.25, -0.2) is 4.39 Å². The van der Waals surface area contributed by atoms with E-state index >= 15 is 0 Å². The van der Waals surface area contributed by atoms with E-state index in [0.29, 0.717) is 10.6 Å². The minimum absolute atomic E-state index is 0.319. The third-order valence-corrected chi connectivity index (χ3v) is 4.18. The van der Waals surface area contributed by atoms with Crippen LogP contribution in [0.25, 0.3) is 0 Å². The van der Waals surface area contributed by atoms with E-state index in [1.807, 2.05) is 13.8 Å². The number of nitrogens with zero attached hydrogens (tertiary/aromatic N) is 1. The zero-order chi connectivity index (χ0) is 13.6. The fourth-order valence-electron chi connectivity index (χ4n) is 1.58. The Bertz CT molecular complexity index is 465. The average molecular weight is 267 g/mol. The summed E-state index contributed by atoms with van der Waals surface area (Å²) in [6.45, 7) is 3.80. The summed E-state index contributed by atoms with van der Waals surface area (Å²) in [6.07, 6.45) is 2.44. The van der Waals surface area contributed by atoms with Gasteiger partial charge >= 0.3 is 0 Å². The molecule has 0 saturated heterocycles. The summed E-state index contributed by atoms with van der Waals surface area (Å²) in [5, 5.41) is 8.86. The molecule has 0 aliphatic carbocycles. The molecule has 0 N–H and O–H groups in total. The molecule has 0 aliphatic rings. The van der Waals surface area contributed by atoms with Gasteiger partial charge in [0.15, 0.2) is 0 Å². The third kappa shape index (κ3) is 4.97. The Morgan fingerprint density at radius 3 is 2.72 bits per heavy atom. The molecule has 0 aromatic heterocycles. The fourth-order valence-corrected chi connectivity index (χ4v) is 2.76. The molecular weight excluding hydrogens is 249 g/mol. The minimum atomic E-state index is -1.15. The first-order chi connectivity index (χ1) is 8.44. The van der Waals surface area contributed by atoms with Crippen molar-refractivity contribution in [3.05, 3.63) is 30.1 Å². The monoisotopic (exact) mass is 267 g/mol. The van der Waals surface area contributed by atoms with E-state index < -0.39 is 10.8 Å². The number of halogens is 1. The lowest BCUT2D eigenvalue weighted by molar-refractivity contribution is 0.432. The number of hydrogen-bond acceptors (Lipinski definition) is 2. The van der Waals surface area contributed by atoms with E-state index in [4.69, 9.17) is 5.26 Å². The van der Waals surface area contributed by atoms with Crippen LogP contribution in [0, 0.1) is 22.6 Å². The highest BCUT2D eigenvalue weighted by Gasteiger charge is 2.15. The number of unbranched alkanes of at least 4 members (excludes halogenated alkanes) is 1. The molecule has 0 amide bonds. The first-order valence-electron chi connectivity index (χ1n) is 6.00. The highest BCUT2D eigenvalue weighted by molar-refractivity contribution is 7.85. The zero-order valence-electron chi connectivity index (χ0n) is 10.8. The Morgan fingerprint density at radius 2 is 2.11 bits per heavy atom. The molecule has 1 aromatic carbocycles. The second-order valence-corrected chi connectivity index (χ2v) is 6.53. The molecule has 0 bridgehead atoms. The van der Waals surface area contributed by atoms with Gasteiger partial charge in [-0.15, -0.1) is 0 Å². The van der Waals surface area contributed by atoms with Gasteiger partial charge in [-0.2, -0.15) is 5.26 Å². The lowest BCUT2D eigenvalue weighted by Gasteiger charge is -2.14. The summed E-state index contributed by atoms with van der Waals surface area (Å²) in [5.41, 5.74) is -0.319. The summed E-state index contributed by atoms with van der Waals surface area (Å²) in [4.78, 5) is 0.537. The van der Waals surface area contributed by atoms with Crippen molar-refractivity contribution in [2.45, 2.75) is 38.0 Å². The van der Waals surface area contributed by atoms with E-state index in [9.17, 15) is 8.60 Å². The SMILES string of the molecule is CC(C)(C#N)CCCCS(=O)c1cccc(F)c1. The van der Waals surface area contributed by atoms with Crippen LogP contribution in [-0.4, -0.2) is 9.96 Å². The predicted molar refractivity (Wildman–Crippen MR) is 70.9 cm³/mol. The molecule has 0 spiro atoms. The number of nitriles is 1. The first-order valence-corrected chi connectivity index (χ1v) is 7.32. The van der Waals surface area contributed by atoms with Crippen molar-refractivity contribution in [1.29, 1.82) is 5.26 Å². The van der Waals surface area contributed by atoms with Crippen molar-refractivity contribution >= 4 is 10.8 Å². The van der Waals surface area contributed by atoms with Crippen LogP contribution < -0.4 is 0 Å². The molecule has 1 unspecified atom stereocenters.